The lowest BCUT2D eigenvalue weighted by molar-refractivity contribution is -0.105. The molecule has 0 spiro atoms. The predicted molar refractivity (Wildman–Crippen MR) is 50.8 cm³/mol. The number of rotatable bonds is 4. The molecule has 0 saturated heterocycles. The van der Waals surface area contributed by atoms with E-state index in [4.69, 9.17) is 0 Å². The summed E-state index contributed by atoms with van der Waals surface area (Å²) in [6, 6.07) is 0. The normalized spacial score (nSPS) is 9.08. The van der Waals surface area contributed by atoms with Gasteiger partial charge in [0.1, 0.15) is 12.0 Å². The van der Waals surface area contributed by atoms with Crippen LogP contribution in [-0.2, 0) is 4.79 Å². The number of anilines is 3. The first kappa shape index (κ1) is 9.24. The third-order valence-corrected chi connectivity index (χ3v) is 1.52. The van der Waals surface area contributed by atoms with Crippen molar-refractivity contribution in [1.29, 1.82) is 0 Å². The monoisotopic (exact) mass is 181 g/mol. The first-order valence-electron chi connectivity index (χ1n) is 3.74. The molecule has 0 bridgehead atoms. The molecule has 0 aliphatic rings. The van der Waals surface area contributed by atoms with E-state index < -0.39 is 0 Å². The standard InChI is InChI=1S/C7H11N5O/c1-8-6-5(12-4-13)7(9-2)11-3-10-6/h3-4H,1-2H3,(H,12,13)(H2,8,9,10,11). The Hall–Kier alpha value is -1.85. The van der Waals surface area contributed by atoms with Gasteiger partial charge >= 0.3 is 0 Å². The Bertz CT molecular complexity index is 279. The topological polar surface area (TPSA) is 78.9 Å². The van der Waals surface area contributed by atoms with Crippen LogP contribution in [0.5, 0.6) is 0 Å². The van der Waals surface area contributed by atoms with E-state index >= 15 is 0 Å². The van der Waals surface area contributed by atoms with Gasteiger partial charge in [0.2, 0.25) is 6.41 Å². The van der Waals surface area contributed by atoms with Crippen molar-refractivity contribution in [2.24, 2.45) is 0 Å². The quantitative estimate of drug-likeness (QED) is 0.575. The van der Waals surface area contributed by atoms with Crippen molar-refractivity contribution >= 4 is 23.7 Å². The summed E-state index contributed by atoms with van der Waals surface area (Å²) in [5.74, 6) is 1.15. The largest absolute Gasteiger partial charge is 0.371 e. The fourth-order valence-corrected chi connectivity index (χ4v) is 0.960. The molecule has 0 aromatic carbocycles. The number of amides is 1. The third kappa shape index (κ3) is 1.84. The summed E-state index contributed by atoms with van der Waals surface area (Å²) in [6.45, 7) is 0. The maximum absolute atomic E-state index is 10.3. The van der Waals surface area contributed by atoms with E-state index in [0.717, 1.165) is 0 Å². The smallest absolute Gasteiger partial charge is 0.211 e. The van der Waals surface area contributed by atoms with Crippen LogP contribution in [0, 0.1) is 0 Å². The molecule has 70 valence electrons. The van der Waals surface area contributed by atoms with Crippen LogP contribution in [0.2, 0.25) is 0 Å². The Morgan fingerprint density at radius 1 is 1.23 bits per heavy atom. The Morgan fingerprint density at radius 3 is 2.15 bits per heavy atom. The van der Waals surface area contributed by atoms with Gasteiger partial charge in [0.15, 0.2) is 11.6 Å². The molecule has 1 aromatic rings. The van der Waals surface area contributed by atoms with E-state index in [0.29, 0.717) is 23.7 Å². The molecule has 0 fully saturated rings. The minimum atomic E-state index is 0.544. The average Bonchev–Trinajstić information content (AvgIpc) is 2.18. The molecule has 0 aliphatic heterocycles. The highest BCUT2D eigenvalue weighted by molar-refractivity contribution is 5.86. The maximum atomic E-state index is 10.3. The molecule has 1 heterocycles. The van der Waals surface area contributed by atoms with Gasteiger partial charge in [-0.25, -0.2) is 9.97 Å². The highest BCUT2D eigenvalue weighted by Crippen LogP contribution is 2.24. The maximum Gasteiger partial charge on any atom is 0.211 e. The Labute approximate surface area is 75.8 Å². The van der Waals surface area contributed by atoms with E-state index in [1.807, 2.05) is 0 Å². The lowest BCUT2D eigenvalue weighted by atomic mass is 10.4. The summed E-state index contributed by atoms with van der Waals surface area (Å²) < 4.78 is 0. The minimum Gasteiger partial charge on any atom is -0.371 e. The molecule has 6 heteroatoms. The van der Waals surface area contributed by atoms with Gasteiger partial charge < -0.3 is 16.0 Å². The molecular formula is C7H11N5O. The van der Waals surface area contributed by atoms with Crippen LogP contribution in [0.25, 0.3) is 0 Å². The molecule has 0 unspecified atom stereocenters. The molecule has 0 radical (unpaired) electrons. The molecule has 0 atom stereocenters. The molecular weight excluding hydrogens is 170 g/mol. The summed E-state index contributed by atoms with van der Waals surface area (Å²) in [4.78, 5) is 18.2. The molecule has 1 aromatic heterocycles. The van der Waals surface area contributed by atoms with Crippen LogP contribution in [0.15, 0.2) is 6.33 Å². The van der Waals surface area contributed by atoms with Gasteiger partial charge in [0.25, 0.3) is 0 Å². The highest BCUT2D eigenvalue weighted by atomic mass is 16.1. The Balaban J connectivity index is 3.12. The van der Waals surface area contributed by atoms with Crippen LogP contribution >= 0.6 is 0 Å². The van der Waals surface area contributed by atoms with Gasteiger partial charge in [-0.2, -0.15) is 0 Å². The molecule has 13 heavy (non-hydrogen) atoms. The lowest BCUT2D eigenvalue weighted by Crippen LogP contribution is -2.06. The second-order valence-electron chi connectivity index (χ2n) is 2.21. The number of nitrogens with one attached hydrogen (secondary N) is 3. The second-order valence-corrected chi connectivity index (χ2v) is 2.21. The van der Waals surface area contributed by atoms with E-state index in [1.54, 1.807) is 14.1 Å². The van der Waals surface area contributed by atoms with Crippen molar-refractivity contribution in [1.82, 2.24) is 9.97 Å². The summed E-state index contributed by atoms with van der Waals surface area (Å²) in [5, 5.41) is 8.20. The van der Waals surface area contributed by atoms with Gasteiger partial charge in [-0.1, -0.05) is 0 Å². The zero-order valence-corrected chi connectivity index (χ0v) is 7.46. The lowest BCUT2D eigenvalue weighted by Gasteiger charge is -2.09. The molecule has 0 aliphatic carbocycles. The van der Waals surface area contributed by atoms with Crippen molar-refractivity contribution in [3.63, 3.8) is 0 Å². The number of carbonyl (C=O) groups is 1. The number of carbonyl (C=O) groups excluding carboxylic acids is 1. The van der Waals surface area contributed by atoms with E-state index in [-0.39, 0.29) is 0 Å². The van der Waals surface area contributed by atoms with Crippen LogP contribution in [0.3, 0.4) is 0 Å². The Kier molecular flexibility index (Phi) is 3.02. The zero-order valence-electron chi connectivity index (χ0n) is 7.46. The highest BCUT2D eigenvalue weighted by Gasteiger charge is 2.07. The van der Waals surface area contributed by atoms with Crippen LogP contribution < -0.4 is 16.0 Å². The fourth-order valence-electron chi connectivity index (χ4n) is 0.960. The Morgan fingerprint density at radius 2 is 1.77 bits per heavy atom. The van der Waals surface area contributed by atoms with Crippen molar-refractivity contribution in [3.8, 4) is 0 Å². The molecule has 1 amide bonds. The molecule has 1 rings (SSSR count). The number of nitrogens with zero attached hydrogens (tertiary/aromatic N) is 2. The second kappa shape index (κ2) is 4.24. The summed E-state index contributed by atoms with van der Waals surface area (Å²) >= 11 is 0. The number of aromatic nitrogens is 2. The van der Waals surface area contributed by atoms with Crippen molar-refractivity contribution in [3.05, 3.63) is 6.33 Å². The first-order chi connectivity index (χ1) is 6.33. The summed E-state index contributed by atoms with van der Waals surface area (Å²) in [7, 11) is 3.44. The van der Waals surface area contributed by atoms with Gasteiger partial charge in [-0.15, -0.1) is 0 Å². The van der Waals surface area contributed by atoms with Crippen LogP contribution in [0.1, 0.15) is 0 Å². The zero-order chi connectivity index (χ0) is 9.68. The third-order valence-electron chi connectivity index (χ3n) is 1.52. The van der Waals surface area contributed by atoms with E-state index in [1.165, 1.54) is 6.33 Å². The van der Waals surface area contributed by atoms with Gasteiger partial charge in [0, 0.05) is 14.1 Å². The number of hydrogen-bond donors (Lipinski definition) is 3. The molecule has 0 saturated carbocycles. The van der Waals surface area contributed by atoms with Crippen LogP contribution in [0.4, 0.5) is 17.3 Å². The first-order valence-corrected chi connectivity index (χ1v) is 3.74. The van der Waals surface area contributed by atoms with Crippen molar-refractivity contribution < 1.29 is 4.79 Å². The fraction of sp³-hybridized carbons (Fsp3) is 0.286. The van der Waals surface area contributed by atoms with Crippen LogP contribution in [-0.4, -0.2) is 30.5 Å². The van der Waals surface area contributed by atoms with Gasteiger partial charge in [0.05, 0.1) is 0 Å². The van der Waals surface area contributed by atoms with E-state index in [9.17, 15) is 4.79 Å². The van der Waals surface area contributed by atoms with Crippen molar-refractivity contribution in [2.45, 2.75) is 0 Å². The predicted octanol–water partition coefficient (Wildman–Crippen LogP) is 0.128. The molecule has 3 N–H and O–H groups in total. The minimum absolute atomic E-state index is 0.544. The van der Waals surface area contributed by atoms with Gasteiger partial charge in [-0.3, -0.25) is 4.79 Å². The molecule has 6 nitrogen and oxygen atoms in total. The van der Waals surface area contributed by atoms with Gasteiger partial charge in [-0.05, 0) is 0 Å². The van der Waals surface area contributed by atoms with E-state index in [2.05, 4.69) is 25.9 Å². The van der Waals surface area contributed by atoms with Crippen molar-refractivity contribution in [2.75, 3.05) is 30.0 Å². The summed E-state index contributed by atoms with van der Waals surface area (Å²) in [5.41, 5.74) is 0.544. The summed E-state index contributed by atoms with van der Waals surface area (Å²) in [6.07, 6.45) is 1.99. The SMILES string of the molecule is CNc1ncnc(NC)c1NC=O. The average molecular weight is 181 g/mol. The number of hydrogen-bond acceptors (Lipinski definition) is 5.